The average Bonchev–Trinajstić information content (AvgIpc) is 2.43. The minimum absolute atomic E-state index is 0.219. The van der Waals surface area contributed by atoms with Crippen LogP contribution >= 0.6 is 0 Å². The first-order chi connectivity index (χ1) is 9.97. The van der Waals surface area contributed by atoms with Gasteiger partial charge in [0.1, 0.15) is 5.82 Å². The van der Waals surface area contributed by atoms with Crippen LogP contribution in [0.3, 0.4) is 0 Å². The van der Waals surface area contributed by atoms with Gasteiger partial charge in [-0.1, -0.05) is 6.07 Å². The van der Waals surface area contributed by atoms with Gasteiger partial charge < -0.3 is 10.2 Å². The van der Waals surface area contributed by atoms with Crippen molar-refractivity contribution in [1.82, 2.24) is 15.0 Å². The molecule has 0 spiro atoms. The quantitative estimate of drug-likeness (QED) is 0.915. The van der Waals surface area contributed by atoms with E-state index in [1.165, 1.54) is 5.56 Å². The number of anilines is 2. The Balaban J connectivity index is 2.08. The summed E-state index contributed by atoms with van der Waals surface area (Å²) in [7, 11) is 3.97. The highest BCUT2D eigenvalue weighted by Crippen LogP contribution is 2.16. The van der Waals surface area contributed by atoms with Crippen LogP contribution in [0.4, 0.5) is 11.8 Å². The number of aromatic nitrogens is 3. The molecule has 0 bridgehead atoms. The lowest BCUT2D eigenvalue weighted by Gasteiger charge is -2.18. The molecule has 0 aliphatic carbocycles. The summed E-state index contributed by atoms with van der Waals surface area (Å²) in [6.45, 7) is 6.22. The SMILES string of the molecule is Cc1cccnc1C[C@@H](C)Nc1ncc(C)c(N(C)C)n1. The summed E-state index contributed by atoms with van der Waals surface area (Å²) >= 11 is 0. The molecule has 0 aromatic carbocycles. The Morgan fingerprint density at radius 2 is 1.95 bits per heavy atom. The van der Waals surface area contributed by atoms with Gasteiger partial charge in [-0.3, -0.25) is 4.98 Å². The van der Waals surface area contributed by atoms with Crippen molar-refractivity contribution in [2.75, 3.05) is 24.3 Å². The van der Waals surface area contributed by atoms with Crippen molar-refractivity contribution in [3.05, 3.63) is 41.3 Å². The highest BCUT2D eigenvalue weighted by atomic mass is 15.2. The van der Waals surface area contributed by atoms with Crippen LogP contribution in [-0.4, -0.2) is 35.1 Å². The molecule has 2 aromatic rings. The highest BCUT2D eigenvalue weighted by Gasteiger charge is 2.10. The molecular weight excluding hydrogens is 262 g/mol. The molecular formula is C16H23N5. The number of nitrogens with zero attached hydrogens (tertiary/aromatic N) is 4. The van der Waals surface area contributed by atoms with E-state index in [0.717, 1.165) is 23.5 Å². The lowest BCUT2D eigenvalue weighted by atomic mass is 10.1. The lowest BCUT2D eigenvalue weighted by Crippen LogP contribution is -2.22. The van der Waals surface area contributed by atoms with Crippen molar-refractivity contribution in [1.29, 1.82) is 0 Å². The maximum Gasteiger partial charge on any atom is 0.224 e. The molecule has 0 radical (unpaired) electrons. The average molecular weight is 285 g/mol. The fourth-order valence-electron chi connectivity index (χ4n) is 2.25. The second kappa shape index (κ2) is 6.52. The zero-order valence-corrected chi connectivity index (χ0v) is 13.4. The number of hydrogen-bond donors (Lipinski definition) is 1. The van der Waals surface area contributed by atoms with Crippen molar-refractivity contribution >= 4 is 11.8 Å². The Morgan fingerprint density at radius 1 is 1.19 bits per heavy atom. The van der Waals surface area contributed by atoms with Crippen molar-refractivity contribution < 1.29 is 0 Å². The van der Waals surface area contributed by atoms with Gasteiger partial charge in [-0.2, -0.15) is 4.98 Å². The molecule has 0 saturated carbocycles. The maximum atomic E-state index is 4.56. The van der Waals surface area contributed by atoms with E-state index in [1.54, 1.807) is 0 Å². The van der Waals surface area contributed by atoms with E-state index >= 15 is 0 Å². The highest BCUT2D eigenvalue weighted by molar-refractivity contribution is 5.47. The molecule has 112 valence electrons. The van der Waals surface area contributed by atoms with Gasteiger partial charge in [-0.05, 0) is 32.4 Å². The predicted octanol–water partition coefficient (Wildman–Crippen LogP) is 2.60. The molecule has 2 rings (SSSR count). The third-order valence-corrected chi connectivity index (χ3v) is 3.36. The molecule has 2 heterocycles. The van der Waals surface area contributed by atoms with Gasteiger partial charge in [0, 0.05) is 50.2 Å². The Kier molecular flexibility index (Phi) is 4.73. The number of nitrogens with one attached hydrogen (secondary N) is 1. The van der Waals surface area contributed by atoms with Gasteiger partial charge in [0.25, 0.3) is 0 Å². The number of rotatable bonds is 5. The molecule has 0 aliphatic heterocycles. The molecule has 0 unspecified atom stereocenters. The first-order valence-corrected chi connectivity index (χ1v) is 7.15. The normalized spacial score (nSPS) is 12.0. The van der Waals surface area contributed by atoms with Crippen molar-refractivity contribution in [2.45, 2.75) is 33.2 Å². The summed E-state index contributed by atoms with van der Waals surface area (Å²) in [5.41, 5.74) is 3.39. The van der Waals surface area contributed by atoms with E-state index in [4.69, 9.17) is 0 Å². The van der Waals surface area contributed by atoms with Gasteiger partial charge in [0.15, 0.2) is 0 Å². The Morgan fingerprint density at radius 3 is 2.62 bits per heavy atom. The van der Waals surface area contributed by atoms with E-state index in [2.05, 4.69) is 40.2 Å². The molecule has 0 amide bonds. The maximum absolute atomic E-state index is 4.56. The van der Waals surface area contributed by atoms with E-state index in [1.807, 2.05) is 44.4 Å². The van der Waals surface area contributed by atoms with Crippen LogP contribution in [-0.2, 0) is 6.42 Å². The largest absolute Gasteiger partial charge is 0.362 e. The van der Waals surface area contributed by atoms with Crippen LogP contribution in [0.25, 0.3) is 0 Å². The minimum atomic E-state index is 0.219. The Labute approximate surface area is 126 Å². The summed E-state index contributed by atoms with van der Waals surface area (Å²) in [6, 6.07) is 4.27. The van der Waals surface area contributed by atoms with Gasteiger partial charge in [-0.15, -0.1) is 0 Å². The third-order valence-electron chi connectivity index (χ3n) is 3.36. The first-order valence-electron chi connectivity index (χ1n) is 7.15. The van der Waals surface area contributed by atoms with E-state index in [0.29, 0.717) is 5.95 Å². The van der Waals surface area contributed by atoms with E-state index < -0.39 is 0 Å². The molecule has 21 heavy (non-hydrogen) atoms. The van der Waals surface area contributed by atoms with E-state index in [9.17, 15) is 0 Å². The number of aryl methyl sites for hydroxylation is 2. The summed E-state index contributed by atoms with van der Waals surface area (Å²) in [5.74, 6) is 1.60. The van der Waals surface area contributed by atoms with Gasteiger partial charge in [0.05, 0.1) is 0 Å². The van der Waals surface area contributed by atoms with Crippen LogP contribution in [0.1, 0.15) is 23.7 Å². The second-order valence-electron chi connectivity index (χ2n) is 5.61. The summed E-state index contributed by atoms with van der Waals surface area (Å²) < 4.78 is 0. The molecule has 0 aliphatic rings. The fourth-order valence-corrected chi connectivity index (χ4v) is 2.25. The number of hydrogen-bond acceptors (Lipinski definition) is 5. The molecule has 1 N–H and O–H groups in total. The second-order valence-corrected chi connectivity index (χ2v) is 5.61. The van der Waals surface area contributed by atoms with Crippen molar-refractivity contribution in [3.63, 3.8) is 0 Å². The lowest BCUT2D eigenvalue weighted by molar-refractivity contribution is 0.753. The molecule has 0 saturated heterocycles. The standard InChI is InChI=1S/C16H23N5/c1-11-7-6-8-17-14(11)9-13(3)19-16-18-10-12(2)15(20-16)21(4)5/h6-8,10,13H,9H2,1-5H3,(H,18,19,20)/t13-/m1/s1. The van der Waals surface area contributed by atoms with Crippen LogP contribution in [0.15, 0.2) is 24.5 Å². The molecule has 1 atom stereocenters. The summed E-state index contributed by atoms with van der Waals surface area (Å²) in [4.78, 5) is 15.3. The van der Waals surface area contributed by atoms with Gasteiger partial charge in [-0.25, -0.2) is 4.98 Å². The zero-order chi connectivity index (χ0) is 15.4. The van der Waals surface area contributed by atoms with Gasteiger partial charge in [0.2, 0.25) is 5.95 Å². The third kappa shape index (κ3) is 3.90. The minimum Gasteiger partial charge on any atom is -0.362 e. The van der Waals surface area contributed by atoms with Crippen LogP contribution < -0.4 is 10.2 Å². The van der Waals surface area contributed by atoms with Crippen LogP contribution in [0, 0.1) is 13.8 Å². The Hall–Kier alpha value is -2.17. The van der Waals surface area contributed by atoms with Crippen LogP contribution in [0.5, 0.6) is 0 Å². The molecule has 0 fully saturated rings. The molecule has 5 nitrogen and oxygen atoms in total. The van der Waals surface area contributed by atoms with Gasteiger partial charge >= 0.3 is 0 Å². The predicted molar refractivity (Wildman–Crippen MR) is 86.9 cm³/mol. The Bertz CT molecular complexity index is 609. The summed E-state index contributed by atoms with van der Waals surface area (Å²) in [5, 5.41) is 3.35. The first kappa shape index (κ1) is 15.2. The molecule has 5 heteroatoms. The van der Waals surface area contributed by atoms with E-state index in [-0.39, 0.29) is 6.04 Å². The van der Waals surface area contributed by atoms with Crippen LogP contribution in [0.2, 0.25) is 0 Å². The fraction of sp³-hybridized carbons (Fsp3) is 0.438. The zero-order valence-electron chi connectivity index (χ0n) is 13.4. The van der Waals surface area contributed by atoms with Crippen molar-refractivity contribution in [2.24, 2.45) is 0 Å². The smallest absolute Gasteiger partial charge is 0.224 e. The topological polar surface area (TPSA) is 53.9 Å². The van der Waals surface area contributed by atoms with Crippen molar-refractivity contribution in [3.8, 4) is 0 Å². The number of pyridine rings is 1. The monoisotopic (exact) mass is 285 g/mol. The molecule has 2 aromatic heterocycles. The summed E-state index contributed by atoms with van der Waals surface area (Å²) in [6.07, 6.45) is 4.53.